The number of carbonyl (C=O) groups excluding carboxylic acids is 2. The van der Waals surface area contributed by atoms with Crippen LogP contribution >= 0.6 is 0 Å². The van der Waals surface area contributed by atoms with E-state index in [2.05, 4.69) is 22.5 Å². The van der Waals surface area contributed by atoms with E-state index < -0.39 is 11.7 Å². The molecule has 0 unspecified atom stereocenters. The van der Waals surface area contributed by atoms with Gasteiger partial charge in [-0.2, -0.15) is 0 Å². The molecule has 0 saturated carbocycles. The molecule has 0 fully saturated rings. The van der Waals surface area contributed by atoms with E-state index in [0.29, 0.717) is 24.3 Å². The number of rotatable bonds is 11. The lowest BCUT2D eigenvalue weighted by Crippen LogP contribution is -2.30. The summed E-state index contributed by atoms with van der Waals surface area (Å²) in [5.74, 6) is -0.341. The smallest absolute Gasteiger partial charge is 0.255 e. The first-order chi connectivity index (χ1) is 16.0. The molecule has 3 rings (SSSR count). The first kappa shape index (κ1) is 24.0. The standard InChI is InChI=1S/C26H30FN3O3/c1-3-5-14-30(18-22-10-7-15-33-22)24-12-11-21(17-23(24)26(32)28-13-4-2)29-25(31)19-8-6-9-20(27)16-19/h6-12,15-17H,3-5,13-14,18H2,1-2H3,(H,28,32)(H,29,31). The third-order valence-corrected chi connectivity index (χ3v) is 5.17. The fraction of sp³-hybridized carbons (Fsp3) is 0.308. The molecular weight excluding hydrogens is 421 g/mol. The Balaban J connectivity index is 1.92. The molecule has 0 radical (unpaired) electrons. The number of hydrogen-bond donors (Lipinski definition) is 2. The van der Waals surface area contributed by atoms with Crippen molar-refractivity contribution < 1.29 is 18.4 Å². The summed E-state index contributed by atoms with van der Waals surface area (Å²) < 4.78 is 19.0. The van der Waals surface area contributed by atoms with E-state index in [4.69, 9.17) is 4.42 Å². The summed E-state index contributed by atoms with van der Waals surface area (Å²) in [6.07, 6.45) is 4.40. The highest BCUT2D eigenvalue weighted by Gasteiger charge is 2.19. The van der Waals surface area contributed by atoms with E-state index in [9.17, 15) is 14.0 Å². The number of amides is 2. The summed E-state index contributed by atoms with van der Waals surface area (Å²) >= 11 is 0. The van der Waals surface area contributed by atoms with Crippen molar-refractivity contribution in [3.8, 4) is 0 Å². The number of hydrogen-bond acceptors (Lipinski definition) is 4. The van der Waals surface area contributed by atoms with Crippen molar-refractivity contribution in [1.82, 2.24) is 5.32 Å². The lowest BCUT2D eigenvalue weighted by molar-refractivity contribution is 0.0952. The average molecular weight is 452 g/mol. The number of halogens is 1. The molecule has 174 valence electrons. The number of anilines is 2. The summed E-state index contributed by atoms with van der Waals surface area (Å²) in [6, 6.07) is 14.5. The summed E-state index contributed by atoms with van der Waals surface area (Å²) in [4.78, 5) is 27.7. The maximum atomic E-state index is 13.5. The van der Waals surface area contributed by atoms with Gasteiger partial charge in [-0.15, -0.1) is 0 Å². The van der Waals surface area contributed by atoms with Crippen molar-refractivity contribution in [2.24, 2.45) is 0 Å². The molecule has 0 aliphatic carbocycles. The highest BCUT2D eigenvalue weighted by Crippen LogP contribution is 2.27. The van der Waals surface area contributed by atoms with Crippen LogP contribution in [0.2, 0.25) is 0 Å². The minimum Gasteiger partial charge on any atom is -0.467 e. The summed E-state index contributed by atoms with van der Waals surface area (Å²) in [5, 5.41) is 5.70. The van der Waals surface area contributed by atoms with Gasteiger partial charge in [0.2, 0.25) is 0 Å². The van der Waals surface area contributed by atoms with Gasteiger partial charge in [0.1, 0.15) is 11.6 Å². The monoisotopic (exact) mass is 451 g/mol. The molecule has 33 heavy (non-hydrogen) atoms. The average Bonchev–Trinajstić information content (AvgIpc) is 3.33. The Labute approximate surface area is 193 Å². The van der Waals surface area contributed by atoms with Crippen LogP contribution in [0.5, 0.6) is 0 Å². The molecule has 2 N–H and O–H groups in total. The van der Waals surface area contributed by atoms with Crippen molar-refractivity contribution >= 4 is 23.2 Å². The number of unbranched alkanes of at least 4 members (excludes halogenated alkanes) is 1. The Morgan fingerprint density at radius 2 is 1.85 bits per heavy atom. The number of furan rings is 1. The van der Waals surface area contributed by atoms with Crippen LogP contribution in [0.1, 0.15) is 59.6 Å². The van der Waals surface area contributed by atoms with Crippen molar-refractivity contribution in [1.29, 1.82) is 0 Å². The molecule has 0 aliphatic rings. The van der Waals surface area contributed by atoms with Gasteiger partial charge in [0.25, 0.3) is 11.8 Å². The van der Waals surface area contributed by atoms with Crippen LogP contribution in [0, 0.1) is 5.82 Å². The second-order valence-electron chi connectivity index (χ2n) is 7.81. The van der Waals surface area contributed by atoms with Crippen LogP contribution in [0.25, 0.3) is 0 Å². The highest BCUT2D eigenvalue weighted by atomic mass is 19.1. The summed E-state index contributed by atoms with van der Waals surface area (Å²) in [7, 11) is 0. The Bertz CT molecular complexity index is 1070. The van der Waals surface area contributed by atoms with Gasteiger partial charge in [-0.1, -0.05) is 26.3 Å². The van der Waals surface area contributed by atoms with Crippen LogP contribution in [0.4, 0.5) is 15.8 Å². The van der Waals surface area contributed by atoms with Crippen LogP contribution in [-0.4, -0.2) is 24.9 Å². The zero-order chi connectivity index (χ0) is 23.6. The maximum Gasteiger partial charge on any atom is 0.255 e. The zero-order valence-electron chi connectivity index (χ0n) is 19.1. The normalized spacial score (nSPS) is 10.6. The number of nitrogens with zero attached hydrogens (tertiary/aromatic N) is 1. The molecule has 2 amide bonds. The molecule has 0 saturated heterocycles. The van der Waals surface area contributed by atoms with Crippen LogP contribution < -0.4 is 15.5 Å². The van der Waals surface area contributed by atoms with E-state index in [0.717, 1.165) is 37.3 Å². The number of nitrogens with one attached hydrogen (secondary N) is 2. The molecule has 1 heterocycles. The molecular formula is C26H30FN3O3. The van der Waals surface area contributed by atoms with Crippen molar-refractivity contribution in [2.45, 2.75) is 39.7 Å². The van der Waals surface area contributed by atoms with Crippen LogP contribution in [0.15, 0.2) is 65.3 Å². The molecule has 0 aliphatic heterocycles. The van der Waals surface area contributed by atoms with E-state index in [-0.39, 0.29) is 11.5 Å². The van der Waals surface area contributed by atoms with E-state index in [1.54, 1.807) is 18.4 Å². The summed E-state index contributed by atoms with van der Waals surface area (Å²) in [5.41, 5.74) is 1.89. The Kier molecular flexibility index (Phi) is 8.63. The first-order valence-corrected chi connectivity index (χ1v) is 11.3. The van der Waals surface area contributed by atoms with E-state index >= 15 is 0 Å². The molecule has 0 spiro atoms. The molecule has 0 atom stereocenters. The van der Waals surface area contributed by atoms with Crippen molar-refractivity contribution in [3.05, 3.63) is 83.6 Å². The van der Waals surface area contributed by atoms with Crippen molar-refractivity contribution in [3.63, 3.8) is 0 Å². The van der Waals surface area contributed by atoms with Gasteiger partial charge in [0.05, 0.1) is 24.1 Å². The summed E-state index contributed by atoms with van der Waals surface area (Å²) in [6.45, 7) is 5.92. The number of benzene rings is 2. The van der Waals surface area contributed by atoms with Gasteiger partial charge in [-0.3, -0.25) is 9.59 Å². The first-order valence-electron chi connectivity index (χ1n) is 11.3. The Hall–Kier alpha value is -3.61. The highest BCUT2D eigenvalue weighted by molar-refractivity contribution is 6.06. The van der Waals surface area contributed by atoms with Gasteiger partial charge < -0.3 is 20.0 Å². The van der Waals surface area contributed by atoms with Gasteiger partial charge in [0, 0.05) is 24.3 Å². The number of carbonyl (C=O) groups is 2. The predicted octanol–water partition coefficient (Wildman–Crippen LogP) is 5.62. The minimum absolute atomic E-state index is 0.207. The van der Waals surface area contributed by atoms with E-state index in [1.165, 1.54) is 24.3 Å². The fourth-order valence-corrected chi connectivity index (χ4v) is 3.46. The van der Waals surface area contributed by atoms with Gasteiger partial charge >= 0.3 is 0 Å². The van der Waals surface area contributed by atoms with Crippen molar-refractivity contribution in [2.75, 3.05) is 23.3 Å². The fourth-order valence-electron chi connectivity index (χ4n) is 3.46. The predicted molar refractivity (Wildman–Crippen MR) is 128 cm³/mol. The Morgan fingerprint density at radius 3 is 2.55 bits per heavy atom. The van der Waals surface area contributed by atoms with Gasteiger partial charge in [-0.25, -0.2) is 4.39 Å². The van der Waals surface area contributed by atoms with E-state index in [1.807, 2.05) is 25.1 Å². The van der Waals surface area contributed by atoms with Crippen LogP contribution in [-0.2, 0) is 6.54 Å². The molecule has 6 nitrogen and oxygen atoms in total. The molecule has 1 aromatic heterocycles. The third kappa shape index (κ3) is 6.68. The van der Waals surface area contributed by atoms with Gasteiger partial charge in [0.15, 0.2) is 0 Å². The van der Waals surface area contributed by atoms with Crippen LogP contribution in [0.3, 0.4) is 0 Å². The quantitative estimate of drug-likeness (QED) is 0.397. The second-order valence-corrected chi connectivity index (χ2v) is 7.81. The molecule has 2 aromatic carbocycles. The lowest BCUT2D eigenvalue weighted by Gasteiger charge is -2.26. The maximum absolute atomic E-state index is 13.5. The second kappa shape index (κ2) is 11.9. The topological polar surface area (TPSA) is 74.6 Å². The minimum atomic E-state index is -0.484. The largest absolute Gasteiger partial charge is 0.467 e. The lowest BCUT2D eigenvalue weighted by atomic mass is 10.1. The SMILES string of the molecule is CCCCN(Cc1ccco1)c1ccc(NC(=O)c2cccc(F)c2)cc1C(=O)NCCC. The zero-order valence-corrected chi connectivity index (χ0v) is 19.1. The van der Waals surface area contributed by atoms with Gasteiger partial charge in [-0.05, 0) is 61.4 Å². The molecule has 0 bridgehead atoms. The molecule has 3 aromatic rings. The molecule has 7 heteroatoms. The third-order valence-electron chi connectivity index (χ3n) is 5.17. The Morgan fingerprint density at radius 1 is 1.00 bits per heavy atom.